The molecule has 6 heteroatoms. The molecule has 3 rings (SSSR count). The highest BCUT2D eigenvalue weighted by Gasteiger charge is 2.50. The highest BCUT2D eigenvalue weighted by atomic mass is 18.2. The van der Waals surface area contributed by atoms with Crippen molar-refractivity contribution in [2.24, 2.45) is 0 Å². The molecule has 0 N–H and O–H groups in total. The van der Waals surface area contributed by atoms with Crippen LogP contribution in [0.2, 0.25) is 0 Å². The van der Waals surface area contributed by atoms with Crippen molar-refractivity contribution in [1.82, 2.24) is 4.90 Å². The van der Waals surface area contributed by atoms with Crippen molar-refractivity contribution in [2.45, 2.75) is 38.1 Å². The molecule has 31 heavy (non-hydrogen) atoms. The summed E-state index contributed by atoms with van der Waals surface area (Å²) in [7, 11) is 0. The first kappa shape index (κ1) is 22.9. The molecule has 0 radical (unpaired) electrons. The van der Waals surface area contributed by atoms with Gasteiger partial charge in [-0.05, 0) is 37.0 Å². The van der Waals surface area contributed by atoms with Crippen LogP contribution in [-0.4, -0.2) is 55.2 Å². The topological polar surface area (TPSA) is 49.9 Å². The third-order valence-corrected chi connectivity index (χ3v) is 5.93. The fraction of sp³-hybridized carbons (Fsp3) is 0.440. The number of piperidine rings is 1. The Labute approximate surface area is 183 Å². The number of nitrogens with zero attached hydrogens (tertiary/aromatic N) is 2. The molecule has 5 nitrogen and oxygen atoms in total. The molecule has 2 aromatic rings. The number of ether oxygens (including phenoxy) is 1. The minimum absolute atomic E-state index is 0.138. The molecule has 1 amide bonds. The van der Waals surface area contributed by atoms with Gasteiger partial charge in [0.15, 0.2) is 0 Å². The van der Waals surface area contributed by atoms with E-state index < -0.39 is 18.2 Å². The summed E-state index contributed by atoms with van der Waals surface area (Å²) in [6, 6.07) is 19.5. The number of carbonyl (C=O) groups is 2. The highest BCUT2D eigenvalue weighted by Crippen LogP contribution is 2.35. The van der Waals surface area contributed by atoms with Crippen LogP contribution in [0.4, 0.5) is 10.1 Å². The third kappa shape index (κ3) is 5.50. The highest BCUT2D eigenvalue weighted by molar-refractivity contribution is 6.02. The predicted molar refractivity (Wildman–Crippen MR) is 120 cm³/mol. The minimum Gasteiger partial charge on any atom is -0.461 e. The Morgan fingerprint density at radius 3 is 2.23 bits per heavy atom. The van der Waals surface area contributed by atoms with Crippen molar-refractivity contribution < 1.29 is 18.7 Å². The van der Waals surface area contributed by atoms with Crippen LogP contribution < -0.4 is 4.90 Å². The fourth-order valence-corrected chi connectivity index (χ4v) is 4.23. The van der Waals surface area contributed by atoms with E-state index in [-0.39, 0.29) is 18.9 Å². The van der Waals surface area contributed by atoms with Gasteiger partial charge in [0.2, 0.25) is 5.91 Å². The molecule has 1 aliphatic rings. The zero-order valence-corrected chi connectivity index (χ0v) is 18.1. The number of rotatable bonds is 9. The van der Waals surface area contributed by atoms with Gasteiger partial charge >= 0.3 is 5.97 Å². The van der Waals surface area contributed by atoms with Crippen molar-refractivity contribution in [1.29, 1.82) is 0 Å². The van der Waals surface area contributed by atoms with Gasteiger partial charge in [0.1, 0.15) is 18.8 Å². The Kier molecular flexibility index (Phi) is 8.18. The number of amides is 1. The van der Waals surface area contributed by atoms with E-state index >= 15 is 0 Å². The van der Waals surface area contributed by atoms with E-state index in [2.05, 4.69) is 17.0 Å². The number of hydrogen-bond donors (Lipinski definition) is 0. The number of halogens is 1. The Bertz CT molecular complexity index is 836. The van der Waals surface area contributed by atoms with Gasteiger partial charge in [-0.1, -0.05) is 55.5 Å². The Morgan fingerprint density at radius 1 is 1.03 bits per heavy atom. The van der Waals surface area contributed by atoms with E-state index in [1.807, 2.05) is 48.5 Å². The van der Waals surface area contributed by atoms with Crippen molar-refractivity contribution in [3.8, 4) is 0 Å². The van der Waals surface area contributed by atoms with Gasteiger partial charge in [0, 0.05) is 31.7 Å². The molecule has 1 aliphatic heterocycles. The molecule has 0 unspecified atom stereocenters. The van der Waals surface area contributed by atoms with E-state index in [4.69, 9.17) is 4.74 Å². The van der Waals surface area contributed by atoms with E-state index in [0.29, 0.717) is 31.6 Å². The first-order valence-electron chi connectivity index (χ1n) is 11.0. The SMILES string of the molecule is CCC(=O)N(c1ccccc1)C1(C(=O)OCC[18F])CCN(CCc2ccccc2)CC1. The molecular formula is C25H31FN2O3. The quantitative estimate of drug-likeness (QED) is 0.570. The first-order chi connectivity index (χ1) is 15.1. The second-order valence-corrected chi connectivity index (χ2v) is 7.85. The maximum atomic E-state index is 13.2. The summed E-state index contributed by atoms with van der Waals surface area (Å²) in [5.41, 5.74) is 0.824. The fourth-order valence-electron chi connectivity index (χ4n) is 4.23. The lowest BCUT2D eigenvalue weighted by Crippen LogP contribution is -2.63. The number of alkyl halides is 1. The van der Waals surface area contributed by atoms with Crippen LogP contribution in [0.25, 0.3) is 0 Å². The molecule has 2 aromatic carbocycles. The van der Waals surface area contributed by atoms with Crippen molar-refractivity contribution in [2.75, 3.05) is 37.8 Å². The second-order valence-electron chi connectivity index (χ2n) is 7.85. The monoisotopic (exact) mass is 425 g/mol. The lowest BCUT2D eigenvalue weighted by molar-refractivity contribution is -0.154. The van der Waals surface area contributed by atoms with Crippen LogP contribution in [0.15, 0.2) is 60.7 Å². The number of carbonyl (C=O) groups excluding carboxylic acids is 2. The van der Waals surface area contributed by atoms with Crippen LogP contribution in [0.3, 0.4) is 0 Å². The van der Waals surface area contributed by atoms with Crippen LogP contribution in [0.1, 0.15) is 31.7 Å². The molecule has 0 saturated carbocycles. The summed E-state index contributed by atoms with van der Waals surface area (Å²) in [5.74, 6) is -0.653. The largest absolute Gasteiger partial charge is 0.461 e. The molecule has 0 bridgehead atoms. The van der Waals surface area contributed by atoms with Crippen LogP contribution in [-0.2, 0) is 20.7 Å². The first-order valence-corrected chi connectivity index (χ1v) is 11.0. The van der Waals surface area contributed by atoms with E-state index in [0.717, 1.165) is 13.0 Å². The Morgan fingerprint density at radius 2 is 1.65 bits per heavy atom. The number of para-hydroxylation sites is 1. The molecule has 0 atom stereocenters. The molecule has 1 heterocycles. The summed E-state index contributed by atoms with van der Waals surface area (Å²) < 4.78 is 18.0. The molecule has 0 aliphatic carbocycles. The van der Waals surface area contributed by atoms with Gasteiger partial charge in [0.25, 0.3) is 0 Å². The average Bonchev–Trinajstić information content (AvgIpc) is 2.83. The number of likely N-dealkylation sites (tertiary alicyclic amines) is 1. The van der Waals surface area contributed by atoms with E-state index in [1.165, 1.54) is 5.56 Å². The second kappa shape index (κ2) is 11.0. The minimum atomic E-state index is -1.12. The molecule has 0 aromatic heterocycles. The van der Waals surface area contributed by atoms with Gasteiger partial charge in [-0.2, -0.15) is 0 Å². The zero-order chi connectivity index (χ0) is 22.1. The molecule has 1 saturated heterocycles. The van der Waals surface area contributed by atoms with Gasteiger partial charge < -0.3 is 9.64 Å². The molecule has 1 fully saturated rings. The molecule has 166 valence electrons. The summed E-state index contributed by atoms with van der Waals surface area (Å²) in [5, 5.41) is 0. The normalized spacial score (nSPS) is 15.9. The lowest BCUT2D eigenvalue weighted by atomic mass is 9.84. The zero-order valence-electron chi connectivity index (χ0n) is 18.1. The molecular weight excluding hydrogens is 394 g/mol. The smallest absolute Gasteiger partial charge is 0.332 e. The van der Waals surface area contributed by atoms with Crippen LogP contribution in [0, 0.1) is 0 Å². The van der Waals surface area contributed by atoms with Gasteiger partial charge in [-0.15, -0.1) is 0 Å². The van der Waals surface area contributed by atoms with Gasteiger partial charge in [-0.3, -0.25) is 9.69 Å². The standard InChI is InChI=1S/C25H31FN2O3/c1-2-23(29)28(22-11-7-4-8-12-22)25(24(30)31-20-16-26)14-18-27(19-15-25)17-13-21-9-5-3-6-10-21/h3-12H,2,13-20H2,1H3/i26-1. The number of esters is 1. The number of anilines is 1. The van der Waals surface area contributed by atoms with E-state index in [1.54, 1.807) is 11.8 Å². The third-order valence-electron chi connectivity index (χ3n) is 5.93. The molecule has 0 spiro atoms. The van der Waals surface area contributed by atoms with Crippen LogP contribution >= 0.6 is 0 Å². The lowest BCUT2D eigenvalue weighted by Gasteiger charge is -2.46. The maximum Gasteiger partial charge on any atom is 0.332 e. The maximum absolute atomic E-state index is 13.2. The van der Waals surface area contributed by atoms with Crippen molar-refractivity contribution in [3.05, 3.63) is 66.2 Å². The number of hydrogen-bond acceptors (Lipinski definition) is 4. The van der Waals surface area contributed by atoms with Crippen LogP contribution in [0.5, 0.6) is 0 Å². The van der Waals surface area contributed by atoms with Gasteiger partial charge in [-0.25, -0.2) is 9.18 Å². The van der Waals surface area contributed by atoms with Gasteiger partial charge in [0.05, 0.1) is 0 Å². The Hall–Kier alpha value is -2.73. The summed E-state index contributed by atoms with van der Waals surface area (Å²) in [4.78, 5) is 30.1. The number of benzene rings is 2. The predicted octanol–water partition coefficient (Wildman–Crippen LogP) is 4.02. The Balaban J connectivity index is 1.81. The van der Waals surface area contributed by atoms with E-state index in [9.17, 15) is 14.0 Å². The summed E-state index contributed by atoms with van der Waals surface area (Å²) in [6.07, 6.45) is 2.10. The van der Waals surface area contributed by atoms with Crippen molar-refractivity contribution >= 4 is 17.6 Å². The summed E-state index contributed by atoms with van der Waals surface area (Å²) in [6.45, 7) is 2.97. The summed E-state index contributed by atoms with van der Waals surface area (Å²) >= 11 is 0. The average molecular weight is 426 g/mol. The van der Waals surface area contributed by atoms with Crippen molar-refractivity contribution in [3.63, 3.8) is 0 Å².